The van der Waals surface area contributed by atoms with Crippen LogP contribution in [0.5, 0.6) is 0 Å². The van der Waals surface area contributed by atoms with Crippen molar-refractivity contribution in [2.45, 2.75) is 19.0 Å². The van der Waals surface area contributed by atoms with Crippen molar-refractivity contribution in [3.63, 3.8) is 0 Å². The molecule has 1 aliphatic rings. The Kier molecular flexibility index (Phi) is 3.15. The molecule has 0 bridgehead atoms. The third-order valence-electron chi connectivity index (χ3n) is 2.80. The molecule has 1 aromatic rings. The van der Waals surface area contributed by atoms with Gasteiger partial charge in [-0.05, 0) is 6.07 Å². The number of carbonyl (C=O) groups is 3. The number of amides is 2. The number of furan rings is 1. The van der Waals surface area contributed by atoms with Crippen molar-refractivity contribution < 1.29 is 23.9 Å². The van der Waals surface area contributed by atoms with Crippen LogP contribution in [0.15, 0.2) is 16.7 Å². The Morgan fingerprint density at radius 1 is 1.61 bits per heavy atom. The van der Waals surface area contributed by atoms with Crippen LogP contribution in [0.25, 0.3) is 0 Å². The Balaban J connectivity index is 1.94. The lowest BCUT2D eigenvalue weighted by Crippen LogP contribution is -2.36. The van der Waals surface area contributed by atoms with Gasteiger partial charge in [0.2, 0.25) is 11.8 Å². The molecule has 1 aromatic heterocycles. The zero-order valence-corrected chi connectivity index (χ0v) is 9.67. The van der Waals surface area contributed by atoms with Crippen LogP contribution >= 0.6 is 0 Å². The summed E-state index contributed by atoms with van der Waals surface area (Å²) in [5.74, 6) is -1.19. The molecule has 2 N–H and O–H groups in total. The fourth-order valence-electron chi connectivity index (χ4n) is 1.72. The maximum absolute atomic E-state index is 11.6. The first-order valence-corrected chi connectivity index (χ1v) is 5.33. The van der Waals surface area contributed by atoms with E-state index in [1.165, 1.54) is 13.1 Å². The molecule has 2 rings (SSSR count). The topological polar surface area (TPSA) is 99.8 Å². The molecular weight excluding hydrogens is 240 g/mol. The highest BCUT2D eigenvalue weighted by Crippen LogP contribution is 2.12. The van der Waals surface area contributed by atoms with Gasteiger partial charge in [0.05, 0.1) is 24.6 Å². The van der Waals surface area contributed by atoms with Crippen molar-refractivity contribution in [2.24, 2.45) is 0 Å². The van der Waals surface area contributed by atoms with Gasteiger partial charge in [0.15, 0.2) is 0 Å². The minimum atomic E-state index is -1.07. The number of likely N-dealkylation sites (N-methyl/N-ethyl adjacent to an activating group) is 1. The Bertz CT molecular complexity index is 507. The van der Waals surface area contributed by atoms with Crippen LogP contribution in [0.1, 0.15) is 22.5 Å². The lowest BCUT2D eigenvalue weighted by Gasteiger charge is -2.09. The Morgan fingerprint density at radius 2 is 2.33 bits per heavy atom. The van der Waals surface area contributed by atoms with Crippen LogP contribution < -0.4 is 5.32 Å². The lowest BCUT2D eigenvalue weighted by atomic mass is 10.2. The van der Waals surface area contributed by atoms with E-state index in [-0.39, 0.29) is 30.3 Å². The number of carbonyl (C=O) groups excluding carboxylic acids is 2. The highest BCUT2D eigenvalue weighted by atomic mass is 16.4. The summed E-state index contributed by atoms with van der Waals surface area (Å²) in [7, 11) is 1.43. The van der Waals surface area contributed by atoms with Crippen molar-refractivity contribution in [1.82, 2.24) is 10.2 Å². The summed E-state index contributed by atoms with van der Waals surface area (Å²) in [5.41, 5.74) is 0.0535. The smallest absolute Gasteiger partial charge is 0.338 e. The minimum absolute atomic E-state index is 0.0535. The van der Waals surface area contributed by atoms with Crippen molar-refractivity contribution in [3.8, 4) is 0 Å². The first-order valence-electron chi connectivity index (χ1n) is 5.33. The lowest BCUT2D eigenvalue weighted by molar-refractivity contribution is -0.137. The summed E-state index contributed by atoms with van der Waals surface area (Å²) in [5, 5.41) is 11.6. The number of likely N-dealkylation sites (tertiary alicyclic amines) is 1. The molecule has 2 amide bonds. The van der Waals surface area contributed by atoms with Crippen molar-refractivity contribution in [3.05, 3.63) is 23.7 Å². The second kappa shape index (κ2) is 4.61. The Morgan fingerprint density at radius 3 is 2.83 bits per heavy atom. The third-order valence-corrected chi connectivity index (χ3v) is 2.80. The molecule has 2 heterocycles. The van der Waals surface area contributed by atoms with E-state index >= 15 is 0 Å². The predicted molar refractivity (Wildman–Crippen MR) is 58.7 cm³/mol. The van der Waals surface area contributed by atoms with Crippen molar-refractivity contribution >= 4 is 17.8 Å². The van der Waals surface area contributed by atoms with Gasteiger partial charge >= 0.3 is 5.97 Å². The number of nitrogens with zero attached hydrogens (tertiary/aromatic N) is 1. The second-order valence-corrected chi connectivity index (χ2v) is 4.04. The number of carboxylic acid groups (broad SMARTS) is 1. The van der Waals surface area contributed by atoms with Crippen molar-refractivity contribution in [2.75, 3.05) is 7.05 Å². The highest BCUT2D eigenvalue weighted by molar-refractivity contribution is 6.05. The maximum Gasteiger partial charge on any atom is 0.338 e. The third kappa shape index (κ3) is 2.25. The van der Waals surface area contributed by atoms with E-state index in [2.05, 4.69) is 5.32 Å². The van der Waals surface area contributed by atoms with E-state index in [1.54, 1.807) is 0 Å². The molecule has 1 fully saturated rings. The molecule has 0 saturated carbocycles. The molecular formula is C11H12N2O5. The van der Waals surface area contributed by atoms with Crippen LogP contribution in [0, 0.1) is 0 Å². The zero-order chi connectivity index (χ0) is 13.3. The fraction of sp³-hybridized carbons (Fsp3) is 0.364. The summed E-state index contributed by atoms with van der Waals surface area (Å²) in [6.45, 7) is 0.199. The summed E-state index contributed by atoms with van der Waals surface area (Å²) < 4.78 is 5.02. The van der Waals surface area contributed by atoms with Gasteiger partial charge < -0.3 is 9.52 Å². The first kappa shape index (κ1) is 12.3. The standard InChI is InChI=1S/C11H12N2O5/c1-13-9(14)3-8(10(13)15)12-4-7-2-6(5-18-7)11(16)17/h2,5,8,12H,3-4H2,1H3,(H,16,17). The number of imide groups is 1. The summed E-state index contributed by atoms with van der Waals surface area (Å²) in [6.07, 6.45) is 1.24. The molecule has 7 nitrogen and oxygen atoms in total. The van der Waals surface area contributed by atoms with E-state index in [4.69, 9.17) is 9.52 Å². The molecule has 18 heavy (non-hydrogen) atoms. The molecule has 1 saturated heterocycles. The number of hydrogen-bond donors (Lipinski definition) is 2. The first-order chi connectivity index (χ1) is 8.49. The Labute approximate surface area is 102 Å². The molecule has 96 valence electrons. The largest absolute Gasteiger partial charge is 0.478 e. The highest BCUT2D eigenvalue weighted by Gasteiger charge is 2.35. The van der Waals surface area contributed by atoms with Gasteiger partial charge in [-0.1, -0.05) is 0 Å². The van der Waals surface area contributed by atoms with Gasteiger partial charge in [-0.3, -0.25) is 19.8 Å². The monoisotopic (exact) mass is 252 g/mol. The van der Waals surface area contributed by atoms with Crippen LogP contribution in [-0.2, 0) is 16.1 Å². The van der Waals surface area contributed by atoms with Crippen molar-refractivity contribution in [1.29, 1.82) is 0 Å². The number of nitrogens with one attached hydrogen (secondary N) is 1. The number of hydrogen-bond acceptors (Lipinski definition) is 5. The molecule has 1 aliphatic heterocycles. The number of rotatable bonds is 4. The minimum Gasteiger partial charge on any atom is -0.478 e. The van der Waals surface area contributed by atoms with Gasteiger partial charge in [0.1, 0.15) is 12.0 Å². The maximum atomic E-state index is 11.6. The molecule has 0 spiro atoms. The van der Waals surface area contributed by atoms with Crippen LogP contribution in [0.2, 0.25) is 0 Å². The molecule has 0 aromatic carbocycles. The van der Waals surface area contributed by atoms with Gasteiger partial charge in [-0.15, -0.1) is 0 Å². The fourth-order valence-corrected chi connectivity index (χ4v) is 1.72. The van der Waals surface area contributed by atoms with E-state index < -0.39 is 12.0 Å². The quantitative estimate of drug-likeness (QED) is 0.721. The number of aromatic carboxylic acids is 1. The molecule has 1 unspecified atom stereocenters. The van der Waals surface area contributed by atoms with Gasteiger partial charge in [-0.2, -0.15) is 0 Å². The SMILES string of the molecule is CN1C(=O)CC(NCc2cc(C(=O)O)co2)C1=O. The van der Waals surface area contributed by atoms with Gasteiger partial charge in [0, 0.05) is 7.05 Å². The molecule has 7 heteroatoms. The predicted octanol–water partition coefficient (Wildman–Crippen LogP) is -0.175. The van der Waals surface area contributed by atoms with Gasteiger partial charge in [0.25, 0.3) is 0 Å². The van der Waals surface area contributed by atoms with Crippen LogP contribution in [0.4, 0.5) is 0 Å². The average Bonchev–Trinajstić information content (AvgIpc) is 2.88. The average molecular weight is 252 g/mol. The van der Waals surface area contributed by atoms with E-state index in [9.17, 15) is 14.4 Å². The summed E-state index contributed by atoms with van der Waals surface area (Å²) in [6, 6.07) is 0.807. The Hall–Kier alpha value is -2.15. The van der Waals surface area contributed by atoms with Gasteiger partial charge in [-0.25, -0.2) is 4.79 Å². The molecule has 0 radical (unpaired) electrons. The molecule has 1 atom stereocenters. The summed E-state index contributed by atoms with van der Waals surface area (Å²) >= 11 is 0. The molecule has 0 aliphatic carbocycles. The van der Waals surface area contributed by atoms with Crippen LogP contribution in [-0.4, -0.2) is 40.9 Å². The van der Waals surface area contributed by atoms with E-state index in [0.717, 1.165) is 11.2 Å². The number of carboxylic acids is 1. The zero-order valence-electron chi connectivity index (χ0n) is 9.67. The van der Waals surface area contributed by atoms with E-state index in [0.29, 0.717) is 5.76 Å². The van der Waals surface area contributed by atoms with E-state index in [1.807, 2.05) is 0 Å². The summed E-state index contributed by atoms with van der Waals surface area (Å²) in [4.78, 5) is 34.5. The second-order valence-electron chi connectivity index (χ2n) is 4.04. The van der Waals surface area contributed by atoms with Crippen LogP contribution in [0.3, 0.4) is 0 Å². The normalized spacial score (nSPS) is 19.6.